The zero-order valence-electron chi connectivity index (χ0n) is 11.2. The maximum absolute atomic E-state index is 12.0. The van der Waals surface area contributed by atoms with E-state index in [1.54, 1.807) is 4.90 Å². The van der Waals surface area contributed by atoms with Crippen LogP contribution in [0.25, 0.3) is 0 Å². The first-order valence-electron chi connectivity index (χ1n) is 6.54. The third kappa shape index (κ3) is 4.91. The summed E-state index contributed by atoms with van der Waals surface area (Å²) in [5.74, 6) is -0.883. The van der Waals surface area contributed by atoms with E-state index < -0.39 is 5.97 Å². The molecular weight excluding hydrogens is 234 g/mol. The molecule has 0 aromatic heterocycles. The number of carboxylic acids is 1. The minimum absolute atomic E-state index is 0.00543. The van der Waals surface area contributed by atoms with Gasteiger partial charge in [0.15, 0.2) is 0 Å². The van der Waals surface area contributed by atoms with Gasteiger partial charge in [0.25, 0.3) is 0 Å². The van der Waals surface area contributed by atoms with Crippen LogP contribution in [-0.2, 0) is 4.79 Å². The zero-order valence-corrected chi connectivity index (χ0v) is 11.2. The van der Waals surface area contributed by atoms with Crippen LogP contribution in [0.2, 0.25) is 0 Å². The van der Waals surface area contributed by atoms with Gasteiger partial charge in [-0.05, 0) is 26.7 Å². The van der Waals surface area contributed by atoms with Gasteiger partial charge >= 0.3 is 12.0 Å². The van der Waals surface area contributed by atoms with E-state index in [0.29, 0.717) is 0 Å². The lowest BCUT2D eigenvalue weighted by Crippen LogP contribution is -2.52. The smallest absolute Gasteiger partial charge is 0.332 e. The van der Waals surface area contributed by atoms with Gasteiger partial charge in [-0.1, -0.05) is 6.42 Å². The van der Waals surface area contributed by atoms with E-state index in [-0.39, 0.29) is 25.0 Å². The van der Waals surface area contributed by atoms with E-state index in [2.05, 4.69) is 5.43 Å². The first kappa shape index (κ1) is 14.8. The van der Waals surface area contributed by atoms with Crippen LogP contribution in [0.3, 0.4) is 0 Å². The molecule has 0 aliphatic carbocycles. The second kappa shape index (κ2) is 7.20. The molecule has 0 aromatic rings. The Morgan fingerprint density at radius 1 is 1.28 bits per heavy atom. The number of carbonyl (C=O) groups is 2. The molecule has 104 valence electrons. The highest BCUT2D eigenvalue weighted by Crippen LogP contribution is 2.07. The van der Waals surface area contributed by atoms with E-state index in [9.17, 15) is 9.59 Å². The lowest BCUT2D eigenvalue weighted by Gasteiger charge is -2.32. The summed E-state index contributed by atoms with van der Waals surface area (Å²) in [6.45, 7) is 5.76. The molecular formula is C12H23N3O3. The van der Waals surface area contributed by atoms with Gasteiger partial charge in [-0.15, -0.1) is 0 Å². The fraction of sp³-hybridized carbons (Fsp3) is 0.833. The number of hydrogen-bond donors (Lipinski definition) is 2. The number of hydrogen-bond acceptors (Lipinski definition) is 3. The molecule has 1 fully saturated rings. The SMILES string of the molecule is CC(C)N(CCC(=O)O)C(=O)NN1CCCCC1. The van der Waals surface area contributed by atoms with Gasteiger partial charge < -0.3 is 10.0 Å². The summed E-state index contributed by atoms with van der Waals surface area (Å²) in [5, 5.41) is 10.6. The van der Waals surface area contributed by atoms with Crippen molar-refractivity contribution in [1.29, 1.82) is 0 Å². The minimum atomic E-state index is -0.883. The molecule has 6 nitrogen and oxygen atoms in total. The second-order valence-electron chi connectivity index (χ2n) is 4.90. The Labute approximate surface area is 108 Å². The lowest BCUT2D eigenvalue weighted by molar-refractivity contribution is -0.137. The number of amides is 2. The summed E-state index contributed by atoms with van der Waals surface area (Å²) in [5.41, 5.74) is 2.85. The van der Waals surface area contributed by atoms with Crippen molar-refractivity contribution in [3.05, 3.63) is 0 Å². The molecule has 1 heterocycles. The van der Waals surface area contributed by atoms with E-state index in [0.717, 1.165) is 25.9 Å². The van der Waals surface area contributed by atoms with Crippen molar-refractivity contribution in [3.63, 3.8) is 0 Å². The third-order valence-electron chi connectivity index (χ3n) is 3.06. The van der Waals surface area contributed by atoms with Crippen LogP contribution in [0, 0.1) is 0 Å². The molecule has 0 spiro atoms. The Balaban J connectivity index is 2.45. The summed E-state index contributed by atoms with van der Waals surface area (Å²) in [6, 6.07) is -0.206. The molecule has 0 aromatic carbocycles. The summed E-state index contributed by atoms with van der Waals surface area (Å²) in [6.07, 6.45) is 3.37. The van der Waals surface area contributed by atoms with Crippen molar-refractivity contribution >= 4 is 12.0 Å². The average molecular weight is 257 g/mol. The Morgan fingerprint density at radius 3 is 2.39 bits per heavy atom. The maximum atomic E-state index is 12.0. The number of rotatable bonds is 5. The predicted molar refractivity (Wildman–Crippen MR) is 68.1 cm³/mol. The van der Waals surface area contributed by atoms with E-state index in [4.69, 9.17) is 5.11 Å². The number of hydrazine groups is 1. The maximum Gasteiger partial charge on any atom is 0.332 e. The summed E-state index contributed by atoms with van der Waals surface area (Å²) >= 11 is 0. The number of carbonyl (C=O) groups excluding carboxylic acids is 1. The Hall–Kier alpha value is -1.30. The summed E-state index contributed by atoms with van der Waals surface area (Å²) in [7, 11) is 0. The third-order valence-corrected chi connectivity index (χ3v) is 3.06. The van der Waals surface area contributed by atoms with Gasteiger partial charge in [0.1, 0.15) is 0 Å². The molecule has 0 atom stereocenters. The van der Waals surface area contributed by atoms with Crippen LogP contribution in [-0.4, -0.2) is 52.7 Å². The highest BCUT2D eigenvalue weighted by molar-refractivity contribution is 5.75. The number of nitrogens with zero attached hydrogens (tertiary/aromatic N) is 2. The molecule has 2 amide bonds. The molecule has 0 radical (unpaired) electrons. The topological polar surface area (TPSA) is 72.9 Å². The van der Waals surface area contributed by atoms with Crippen LogP contribution < -0.4 is 5.43 Å². The van der Waals surface area contributed by atoms with Gasteiger partial charge in [0.05, 0.1) is 6.42 Å². The Bertz CT molecular complexity index is 288. The number of carboxylic acid groups (broad SMARTS) is 1. The number of nitrogens with one attached hydrogen (secondary N) is 1. The summed E-state index contributed by atoms with van der Waals surface area (Å²) < 4.78 is 0. The monoisotopic (exact) mass is 257 g/mol. The fourth-order valence-corrected chi connectivity index (χ4v) is 2.02. The Morgan fingerprint density at radius 2 is 1.89 bits per heavy atom. The number of piperidine rings is 1. The van der Waals surface area contributed by atoms with Crippen LogP contribution in [0.5, 0.6) is 0 Å². The second-order valence-corrected chi connectivity index (χ2v) is 4.90. The lowest BCUT2D eigenvalue weighted by atomic mass is 10.2. The Kier molecular flexibility index (Phi) is 5.91. The van der Waals surface area contributed by atoms with Crippen LogP contribution in [0.1, 0.15) is 39.5 Å². The van der Waals surface area contributed by atoms with Crippen molar-refractivity contribution in [2.75, 3.05) is 19.6 Å². The van der Waals surface area contributed by atoms with Crippen molar-refractivity contribution in [2.45, 2.75) is 45.6 Å². The van der Waals surface area contributed by atoms with Crippen molar-refractivity contribution in [1.82, 2.24) is 15.3 Å². The fourth-order valence-electron chi connectivity index (χ4n) is 2.02. The largest absolute Gasteiger partial charge is 0.481 e. The van der Waals surface area contributed by atoms with E-state index in [1.165, 1.54) is 6.42 Å². The highest BCUT2D eigenvalue weighted by atomic mass is 16.4. The standard InChI is InChI=1S/C12H23N3O3/c1-10(2)15(9-6-11(16)17)12(18)13-14-7-4-3-5-8-14/h10H,3-9H2,1-2H3,(H,13,18)(H,16,17). The first-order chi connectivity index (χ1) is 8.50. The molecule has 1 aliphatic heterocycles. The molecule has 2 N–H and O–H groups in total. The molecule has 1 saturated heterocycles. The van der Waals surface area contributed by atoms with Crippen LogP contribution >= 0.6 is 0 Å². The minimum Gasteiger partial charge on any atom is -0.481 e. The van der Waals surface area contributed by atoms with Crippen molar-refractivity contribution in [3.8, 4) is 0 Å². The number of aliphatic carboxylic acids is 1. The molecule has 1 rings (SSSR count). The van der Waals surface area contributed by atoms with Gasteiger partial charge in [-0.25, -0.2) is 9.80 Å². The molecule has 6 heteroatoms. The number of urea groups is 1. The van der Waals surface area contributed by atoms with Gasteiger partial charge in [0, 0.05) is 25.7 Å². The van der Waals surface area contributed by atoms with E-state index >= 15 is 0 Å². The zero-order chi connectivity index (χ0) is 13.5. The van der Waals surface area contributed by atoms with Gasteiger partial charge in [0.2, 0.25) is 0 Å². The molecule has 1 aliphatic rings. The predicted octanol–water partition coefficient (Wildman–Crippen LogP) is 1.28. The summed E-state index contributed by atoms with van der Waals surface area (Å²) in [4.78, 5) is 24.2. The van der Waals surface area contributed by atoms with Gasteiger partial charge in [-0.3, -0.25) is 10.2 Å². The molecule has 0 unspecified atom stereocenters. The van der Waals surface area contributed by atoms with Crippen molar-refractivity contribution < 1.29 is 14.7 Å². The normalized spacial score (nSPS) is 16.6. The quantitative estimate of drug-likeness (QED) is 0.778. The van der Waals surface area contributed by atoms with E-state index in [1.807, 2.05) is 18.9 Å². The molecule has 0 saturated carbocycles. The van der Waals surface area contributed by atoms with Gasteiger partial charge in [-0.2, -0.15) is 0 Å². The molecule has 0 bridgehead atoms. The van der Waals surface area contributed by atoms with Crippen LogP contribution in [0.4, 0.5) is 4.79 Å². The first-order valence-corrected chi connectivity index (χ1v) is 6.54. The van der Waals surface area contributed by atoms with Crippen LogP contribution in [0.15, 0.2) is 0 Å². The highest BCUT2D eigenvalue weighted by Gasteiger charge is 2.20. The molecule has 18 heavy (non-hydrogen) atoms. The van der Waals surface area contributed by atoms with Crippen molar-refractivity contribution in [2.24, 2.45) is 0 Å². The average Bonchev–Trinajstić information content (AvgIpc) is 2.29.